The van der Waals surface area contributed by atoms with Crippen LogP contribution >= 0.6 is 0 Å². The summed E-state index contributed by atoms with van der Waals surface area (Å²) in [6.07, 6.45) is 14.6. The minimum atomic E-state index is -0.312. The molecule has 2 heterocycles. The highest BCUT2D eigenvalue weighted by Crippen LogP contribution is 2.68. The first-order chi connectivity index (χ1) is 15.6. The number of allylic oxidation sites excluding steroid dienone is 2. The molecule has 6 fully saturated rings. The summed E-state index contributed by atoms with van der Waals surface area (Å²) in [6.45, 7) is 0. The van der Waals surface area contributed by atoms with Crippen LogP contribution in [0.1, 0.15) is 64.2 Å². The first-order valence-corrected chi connectivity index (χ1v) is 13.0. The number of likely N-dealkylation sites (tertiary alicyclic amines) is 2. The molecule has 0 radical (unpaired) electrons. The van der Waals surface area contributed by atoms with Crippen molar-refractivity contribution in [3.05, 3.63) is 12.2 Å². The van der Waals surface area contributed by atoms with Gasteiger partial charge in [-0.15, -0.1) is 0 Å². The van der Waals surface area contributed by atoms with Crippen molar-refractivity contribution in [2.45, 2.75) is 76.3 Å². The van der Waals surface area contributed by atoms with Crippen molar-refractivity contribution in [3.8, 4) is 0 Å². The Morgan fingerprint density at radius 2 is 0.844 bits per heavy atom. The van der Waals surface area contributed by atoms with Crippen LogP contribution in [-0.2, 0) is 19.2 Å². The third kappa shape index (κ3) is 2.27. The van der Waals surface area contributed by atoms with E-state index < -0.39 is 0 Å². The number of carbonyl (C=O) groups is 4. The molecular weight excluding hydrogens is 404 g/mol. The van der Waals surface area contributed by atoms with Gasteiger partial charge in [0.25, 0.3) is 0 Å². The number of fused-ring (bicyclic) bond motifs is 1. The lowest BCUT2D eigenvalue weighted by molar-refractivity contribution is -0.166. The molecule has 4 saturated carbocycles. The van der Waals surface area contributed by atoms with Gasteiger partial charge < -0.3 is 0 Å². The van der Waals surface area contributed by atoms with Crippen LogP contribution in [0.2, 0.25) is 0 Å². The molecule has 32 heavy (non-hydrogen) atoms. The van der Waals surface area contributed by atoms with Crippen LogP contribution in [0.3, 0.4) is 0 Å². The largest absolute Gasteiger partial charge is 0.279 e. The summed E-state index contributed by atoms with van der Waals surface area (Å²) >= 11 is 0. The summed E-state index contributed by atoms with van der Waals surface area (Å²) in [4.78, 5) is 57.4. The zero-order valence-electron chi connectivity index (χ0n) is 18.5. The van der Waals surface area contributed by atoms with Crippen LogP contribution in [0, 0.1) is 47.3 Å². The fraction of sp³-hybridized carbons (Fsp3) is 0.769. The van der Waals surface area contributed by atoms with Gasteiger partial charge in [-0.1, -0.05) is 50.7 Å². The Morgan fingerprint density at radius 1 is 0.500 bits per heavy atom. The lowest BCUT2D eigenvalue weighted by atomic mass is 9.40. The van der Waals surface area contributed by atoms with Gasteiger partial charge in [-0.25, -0.2) is 0 Å². The SMILES string of the molecule is O=C1[C@@H]2[C@@H]3C=CC(C4[C@H]3[C@H]3C(=O)N(C5CCCCC5)C(=O)[C@@H]43)[C@@H]2C(=O)N1C1CCCCC1. The van der Waals surface area contributed by atoms with Gasteiger partial charge in [-0.3, -0.25) is 29.0 Å². The van der Waals surface area contributed by atoms with Gasteiger partial charge in [0.05, 0.1) is 23.7 Å². The van der Waals surface area contributed by atoms with E-state index in [0.29, 0.717) is 0 Å². The molecule has 4 amide bonds. The van der Waals surface area contributed by atoms with Gasteiger partial charge in [0.15, 0.2) is 0 Å². The van der Waals surface area contributed by atoms with Crippen LogP contribution in [-0.4, -0.2) is 45.5 Å². The van der Waals surface area contributed by atoms with Gasteiger partial charge in [0.2, 0.25) is 23.6 Å². The molecule has 0 aromatic heterocycles. The van der Waals surface area contributed by atoms with E-state index in [2.05, 4.69) is 12.2 Å². The Kier molecular flexibility index (Phi) is 4.12. The maximum Gasteiger partial charge on any atom is 0.233 e. The molecule has 170 valence electrons. The second-order valence-electron chi connectivity index (χ2n) is 11.5. The van der Waals surface area contributed by atoms with Gasteiger partial charge >= 0.3 is 0 Å². The molecule has 8 rings (SSSR count). The summed E-state index contributed by atoms with van der Waals surface area (Å²) in [7, 11) is 0. The van der Waals surface area contributed by atoms with Gasteiger partial charge in [-0.05, 0) is 49.4 Å². The monoisotopic (exact) mass is 436 g/mol. The summed E-state index contributed by atoms with van der Waals surface area (Å²) in [6, 6.07) is 0.113. The van der Waals surface area contributed by atoms with Crippen molar-refractivity contribution in [3.63, 3.8) is 0 Å². The highest BCUT2D eigenvalue weighted by Gasteiger charge is 2.75. The van der Waals surface area contributed by atoms with E-state index in [1.165, 1.54) is 12.8 Å². The summed E-state index contributed by atoms with van der Waals surface area (Å²) in [5.41, 5.74) is 0. The summed E-state index contributed by atoms with van der Waals surface area (Å²) in [5, 5.41) is 0. The van der Waals surface area contributed by atoms with Crippen molar-refractivity contribution in [2.75, 3.05) is 0 Å². The van der Waals surface area contributed by atoms with E-state index in [1.54, 1.807) is 9.80 Å². The van der Waals surface area contributed by atoms with E-state index in [4.69, 9.17) is 0 Å². The molecule has 8 atom stereocenters. The molecule has 6 heteroatoms. The van der Waals surface area contributed by atoms with Gasteiger partial charge in [0, 0.05) is 12.1 Å². The zero-order valence-corrected chi connectivity index (χ0v) is 18.5. The minimum Gasteiger partial charge on any atom is -0.279 e. The Hall–Kier alpha value is -1.98. The van der Waals surface area contributed by atoms with Crippen molar-refractivity contribution in [1.82, 2.24) is 9.80 Å². The van der Waals surface area contributed by atoms with Crippen molar-refractivity contribution in [2.24, 2.45) is 47.3 Å². The zero-order chi connectivity index (χ0) is 21.7. The molecule has 0 N–H and O–H groups in total. The molecule has 2 unspecified atom stereocenters. The number of hydrogen-bond donors (Lipinski definition) is 0. The highest BCUT2D eigenvalue weighted by atomic mass is 16.2. The van der Waals surface area contributed by atoms with Crippen molar-refractivity contribution >= 4 is 23.6 Å². The van der Waals surface area contributed by atoms with Crippen LogP contribution in [0.4, 0.5) is 0 Å². The molecule has 8 aliphatic rings. The molecule has 2 aliphatic heterocycles. The lowest BCUT2D eigenvalue weighted by Gasteiger charge is -2.60. The molecular formula is C26H32N2O4. The number of imide groups is 2. The second-order valence-corrected chi connectivity index (χ2v) is 11.5. The van der Waals surface area contributed by atoms with Crippen LogP contribution in [0.25, 0.3) is 0 Å². The highest BCUT2D eigenvalue weighted by molar-refractivity contribution is 6.09. The maximum absolute atomic E-state index is 13.6. The number of amides is 4. The van der Waals surface area contributed by atoms with Crippen LogP contribution in [0.5, 0.6) is 0 Å². The van der Waals surface area contributed by atoms with Gasteiger partial charge in [0.1, 0.15) is 0 Å². The van der Waals surface area contributed by atoms with Crippen molar-refractivity contribution < 1.29 is 19.2 Å². The minimum absolute atomic E-state index is 0.00839. The topological polar surface area (TPSA) is 74.8 Å². The third-order valence-corrected chi connectivity index (χ3v) is 10.3. The van der Waals surface area contributed by atoms with E-state index in [-0.39, 0.29) is 83.1 Å². The smallest absolute Gasteiger partial charge is 0.233 e. The Labute approximate surface area is 188 Å². The van der Waals surface area contributed by atoms with Crippen LogP contribution in [0.15, 0.2) is 12.2 Å². The predicted octanol–water partition coefficient (Wildman–Crippen LogP) is 2.92. The van der Waals surface area contributed by atoms with Crippen LogP contribution < -0.4 is 0 Å². The molecule has 2 bridgehead atoms. The fourth-order valence-electron chi connectivity index (χ4n) is 9.05. The molecule has 0 aromatic rings. The second kappa shape index (κ2) is 6.77. The number of nitrogens with zero attached hydrogens (tertiary/aromatic N) is 2. The van der Waals surface area contributed by atoms with E-state index >= 15 is 0 Å². The molecule has 6 nitrogen and oxygen atoms in total. The lowest BCUT2D eigenvalue weighted by Crippen LogP contribution is -2.63. The normalized spacial score (nSPS) is 45.9. The molecule has 0 spiro atoms. The predicted molar refractivity (Wildman–Crippen MR) is 115 cm³/mol. The number of carbonyl (C=O) groups excluding carboxylic acids is 4. The van der Waals surface area contributed by atoms with E-state index in [9.17, 15) is 19.2 Å². The molecule has 2 saturated heterocycles. The Balaban J connectivity index is 1.20. The Bertz CT molecular complexity index is 874. The maximum atomic E-state index is 13.6. The van der Waals surface area contributed by atoms with Gasteiger partial charge in [-0.2, -0.15) is 0 Å². The third-order valence-electron chi connectivity index (χ3n) is 10.3. The fourth-order valence-corrected chi connectivity index (χ4v) is 9.05. The Morgan fingerprint density at radius 3 is 1.22 bits per heavy atom. The van der Waals surface area contributed by atoms with E-state index in [0.717, 1.165) is 51.4 Å². The summed E-state index contributed by atoms with van der Waals surface area (Å²) < 4.78 is 0. The first-order valence-electron chi connectivity index (χ1n) is 13.0. The quantitative estimate of drug-likeness (QED) is 0.493. The standard InChI is InChI=1S/C26H32N2O4/c29-23-19-15-11-12-16(20(19)24(30)27(23)13-7-3-1-4-8-13)18-17(15)21-22(18)26(32)28(25(21)31)14-9-5-2-6-10-14/h11-22H,1-10H2/t15-,16?,17+,18?,19-,20+,21-,22+/m1/s1. The molecule has 0 aromatic carbocycles. The average Bonchev–Trinajstić information content (AvgIpc) is 3.19. The summed E-state index contributed by atoms with van der Waals surface area (Å²) in [5.74, 6) is -1.11. The first kappa shape index (κ1) is 19.5. The number of rotatable bonds is 2. The molecule has 6 aliphatic carbocycles. The average molecular weight is 437 g/mol. The van der Waals surface area contributed by atoms with E-state index in [1.807, 2.05) is 0 Å². The number of hydrogen-bond acceptors (Lipinski definition) is 4. The van der Waals surface area contributed by atoms with Crippen molar-refractivity contribution in [1.29, 1.82) is 0 Å².